The van der Waals surface area contributed by atoms with Crippen LogP contribution in [0.5, 0.6) is 0 Å². The number of hydrogen-bond acceptors (Lipinski definition) is 4. The highest BCUT2D eigenvalue weighted by atomic mass is 32.2. The van der Waals surface area contributed by atoms with Gasteiger partial charge in [0.05, 0.1) is 5.75 Å². The number of rotatable bonds is 5. The second-order valence-corrected chi connectivity index (χ2v) is 6.51. The highest BCUT2D eigenvalue weighted by Gasteiger charge is 2.28. The summed E-state index contributed by atoms with van der Waals surface area (Å²) in [5.74, 6) is 0.124. The molecule has 1 aliphatic rings. The van der Waals surface area contributed by atoms with Gasteiger partial charge in [-0.2, -0.15) is 0 Å². The monoisotopic (exact) mass is 318 g/mol. The van der Waals surface area contributed by atoms with E-state index in [4.69, 9.17) is 0 Å². The molecule has 6 nitrogen and oxygen atoms in total. The van der Waals surface area contributed by atoms with Crippen LogP contribution in [0.25, 0.3) is 0 Å². The smallest absolute Gasteiger partial charge is 0.325 e. The Labute approximate surface area is 132 Å². The quantitative estimate of drug-likeness (QED) is 0.829. The molecule has 22 heavy (non-hydrogen) atoms. The molecule has 0 spiro atoms. The van der Waals surface area contributed by atoms with Gasteiger partial charge in [0.15, 0.2) is 5.16 Å². The molecule has 116 valence electrons. The van der Waals surface area contributed by atoms with Crippen LogP contribution >= 0.6 is 11.8 Å². The molecule has 0 atom stereocenters. The summed E-state index contributed by atoms with van der Waals surface area (Å²) in [6.07, 6.45) is 2.00. The van der Waals surface area contributed by atoms with Crippen LogP contribution in [0.2, 0.25) is 0 Å². The van der Waals surface area contributed by atoms with Gasteiger partial charge in [-0.15, -0.1) is 5.10 Å². The number of carbonyl (C=O) groups excluding carboxylic acids is 1. The van der Waals surface area contributed by atoms with Crippen molar-refractivity contribution in [1.29, 1.82) is 0 Å². The van der Waals surface area contributed by atoms with Gasteiger partial charge < -0.3 is 5.32 Å². The van der Waals surface area contributed by atoms with E-state index in [2.05, 4.69) is 15.5 Å². The van der Waals surface area contributed by atoms with E-state index in [1.54, 1.807) is 4.57 Å². The number of aromatic nitrogens is 3. The van der Waals surface area contributed by atoms with Crippen LogP contribution in [0.3, 0.4) is 0 Å². The third-order valence-corrected chi connectivity index (χ3v) is 4.53. The van der Waals surface area contributed by atoms with Crippen molar-refractivity contribution in [3.8, 4) is 0 Å². The zero-order chi connectivity index (χ0) is 15.7. The van der Waals surface area contributed by atoms with Crippen molar-refractivity contribution in [2.75, 3.05) is 11.1 Å². The Morgan fingerprint density at radius 2 is 2.23 bits per heavy atom. The maximum absolute atomic E-state index is 12.1. The molecule has 0 aliphatic heterocycles. The second kappa shape index (κ2) is 6.00. The SMILES string of the molecule is Cc1ccc(NC(=O)CSc2n[nH]c(=O)n2C2CC2)c(C)c1. The van der Waals surface area contributed by atoms with Gasteiger partial charge >= 0.3 is 5.69 Å². The lowest BCUT2D eigenvalue weighted by Crippen LogP contribution is -2.18. The van der Waals surface area contributed by atoms with Crippen molar-refractivity contribution in [2.45, 2.75) is 37.9 Å². The van der Waals surface area contributed by atoms with E-state index in [1.165, 1.54) is 11.8 Å². The molecule has 1 fully saturated rings. The summed E-state index contributed by atoms with van der Waals surface area (Å²) in [7, 11) is 0. The lowest BCUT2D eigenvalue weighted by atomic mass is 10.1. The first-order chi connectivity index (χ1) is 10.5. The van der Waals surface area contributed by atoms with Crippen LogP contribution in [-0.4, -0.2) is 26.4 Å². The third kappa shape index (κ3) is 3.24. The van der Waals surface area contributed by atoms with Crippen LogP contribution < -0.4 is 11.0 Å². The Balaban J connectivity index is 1.62. The molecule has 0 bridgehead atoms. The second-order valence-electron chi connectivity index (χ2n) is 5.57. The van der Waals surface area contributed by atoms with Gasteiger partial charge in [-0.05, 0) is 38.3 Å². The zero-order valence-corrected chi connectivity index (χ0v) is 13.4. The highest BCUT2D eigenvalue weighted by molar-refractivity contribution is 7.99. The molecule has 1 aliphatic carbocycles. The normalized spacial score (nSPS) is 14.1. The minimum absolute atomic E-state index is 0.102. The minimum atomic E-state index is -0.195. The first-order valence-electron chi connectivity index (χ1n) is 7.21. The van der Waals surface area contributed by atoms with Crippen molar-refractivity contribution in [2.24, 2.45) is 0 Å². The summed E-state index contributed by atoms with van der Waals surface area (Å²) in [5.41, 5.74) is 2.82. The zero-order valence-electron chi connectivity index (χ0n) is 12.5. The molecule has 7 heteroatoms. The van der Waals surface area contributed by atoms with Gasteiger partial charge in [0.25, 0.3) is 0 Å². The maximum Gasteiger partial charge on any atom is 0.344 e. The number of aromatic amines is 1. The Morgan fingerprint density at radius 3 is 2.91 bits per heavy atom. The summed E-state index contributed by atoms with van der Waals surface area (Å²) in [5, 5.41) is 9.93. The highest BCUT2D eigenvalue weighted by Crippen LogP contribution is 2.36. The fourth-order valence-corrected chi connectivity index (χ4v) is 3.13. The Kier molecular flexibility index (Phi) is 4.06. The van der Waals surface area contributed by atoms with E-state index in [9.17, 15) is 9.59 Å². The van der Waals surface area contributed by atoms with Crippen LogP contribution in [0, 0.1) is 13.8 Å². The molecular weight excluding hydrogens is 300 g/mol. The summed E-state index contributed by atoms with van der Waals surface area (Å²) < 4.78 is 1.65. The summed E-state index contributed by atoms with van der Waals surface area (Å²) >= 11 is 1.28. The van der Waals surface area contributed by atoms with Gasteiger partial charge in [0.1, 0.15) is 0 Å². The first kappa shape index (κ1) is 14.9. The molecular formula is C15H18N4O2S. The van der Waals surface area contributed by atoms with Gasteiger partial charge in [0, 0.05) is 11.7 Å². The van der Waals surface area contributed by atoms with Crippen molar-refractivity contribution >= 4 is 23.4 Å². The Morgan fingerprint density at radius 1 is 1.45 bits per heavy atom. The van der Waals surface area contributed by atoms with E-state index >= 15 is 0 Å². The van der Waals surface area contributed by atoms with Crippen LogP contribution in [0.4, 0.5) is 5.69 Å². The predicted octanol–water partition coefficient (Wildman–Crippen LogP) is 2.25. The van der Waals surface area contributed by atoms with Crippen molar-refractivity contribution < 1.29 is 4.79 Å². The molecule has 1 amide bonds. The maximum atomic E-state index is 12.1. The average molecular weight is 318 g/mol. The number of amides is 1. The molecule has 1 aromatic carbocycles. The number of carbonyl (C=O) groups is 1. The topological polar surface area (TPSA) is 79.8 Å². The molecule has 0 radical (unpaired) electrons. The standard InChI is InChI=1S/C15H18N4O2S/c1-9-3-6-12(10(2)7-9)16-13(20)8-22-15-18-17-14(21)19(15)11-4-5-11/h3,6-7,11H,4-5,8H2,1-2H3,(H,16,20)(H,17,21). The molecule has 0 saturated heterocycles. The molecule has 1 heterocycles. The van der Waals surface area contributed by atoms with E-state index in [1.807, 2.05) is 32.0 Å². The molecule has 2 aromatic rings. The number of H-pyrrole nitrogens is 1. The predicted molar refractivity (Wildman–Crippen MR) is 86.4 cm³/mol. The van der Waals surface area contributed by atoms with Crippen molar-refractivity contribution in [1.82, 2.24) is 14.8 Å². The number of aryl methyl sites for hydroxylation is 2. The van der Waals surface area contributed by atoms with E-state index in [0.717, 1.165) is 29.7 Å². The number of anilines is 1. The van der Waals surface area contributed by atoms with Crippen LogP contribution in [0.15, 0.2) is 28.2 Å². The summed E-state index contributed by atoms with van der Waals surface area (Å²) in [6.45, 7) is 3.98. The van der Waals surface area contributed by atoms with E-state index < -0.39 is 0 Å². The number of thioether (sulfide) groups is 1. The van der Waals surface area contributed by atoms with Gasteiger partial charge in [-0.25, -0.2) is 9.89 Å². The number of hydrogen-bond donors (Lipinski definition) is 2. The lowest BCUT2D eigenvalue weighted by molar-refractivity contribution is -0.113. The van der Waals surface area contributed by atoms with E-state index in [0.29, 0.717) is 5.16 Å². The van der Waals surface area contributed by atoms with Crippen LogP contribution in [0.1, 0.15) is 30.0 Å². The number of nitrogens with one attached hydrogen (secondary N) is 2. The van der Waals surface area contributed by atoms with Gasteiger partial charge in [-0.1, -0.05) is 29.5 Å². The molecule has 2 N–H and O–H groups in total. The Bertz CT molecular complexity index is 761. The number of nitrogens with zero attached hydrogens (tertiary/aromatic N) is 2. The molecule has 1 aromatic heterocycles. The van der Waals surface area contributed by atoms with Crippen molar-refractivity contribution in [3.63, 3.8) is 0 Å². The molecule has 1 saturated carbocycles. The minimum Gasteiger partial charge on any atom is -0.325 e. The van der Waals surface area contributed by atoms with Gasteiger partial charge in [0.2, 0.25) is 5.91 Å². The van der Waals surface area contributed by atoms with Crippen LogP contribution in [-0.2, 0) is 4.79 Å². The molecule has 3 rings (SSSR count). The van der Waals surface area contributed by atoms with Gasteiger partial charge in [-0.3, -0.25) is 9.36 Å². The summed E-state index contributed by atoms with van der Waals surface area (Å²) in [4.78, 5) is 23.7. The van der Waals surface area contributed by atoms with Crippen molar-refractivity contribution in [3.05, 3.63) is 39.8 Å². The molecule has 0 unspecified atom stereocenters. The lowest BCUT2D eigenvalue weighted by Gasteiger charge is -2.09. The average Bonchev–Trinajstić information content (AvgIpc) is 3.23. The first-order valence-corrected chi connectivity index (χ1v) is 8.20. The number of benzene rings is 1. The fraction of sp³-hybridized carbons (Fsp3) is 0.400. The summed E-state index contributed by atoms with van der Waals surface area (Å²) in [6, 6.07) is 6.15. The van der Waals surface area contributed by atoms with E-state index in [-0.39, 0.29) is 23.4 Å². The fourth-order valence-electron chi connectivity index (χ4n) is 2.32. The largest absolute Gasteiger partial charge is 0.344 e. The Hall–Kier alpha value is -2.02. The third-order valence-electron chi connectivity index (χ3n) is 3.57.